The van der Waals surface area contributed by atoms with Crippen LogP contribution < -0.4 is 5.73 Å². The zero-order chi connectivity index (χ0) is 18.6. The molecule has 0 saturated heterocycles. The molecule has 3 rings (SSSR count). The van der Waals surface area contributed by atoms with Crippen LogP contribution >= 0.6 is 11.6 Å². The molecule has 136 valence electrons. The van der Waals surface area contributed by atoms with Crippen molar-refractivity contribution in [3.63, 3.8) is 0 Å². The van der Waals surface area contributed by atoms with E-state index in [-0.39, 0.29) is 0 Å². The number of carboxylic acid groups (broad SMARTS) is 1. The number of rotatable bonds is 3. The summed E-state index contributed by atoms with van der Waals surface area (Å²) in [5.41, 5.74) is 7.64. The van der Waals surface area contributed by atoms with E-state index in [1.54, 1.807) is 17.7 Å². The van der Waals surface area contributed by atoms with E-state index in [4.69, 9.17) is 22.4 Å². The Labute approximate surface area is 152 Å². The Hall–Kier alpha value is -2.01. The minimum absolute atomic E-state index is 0.389. The van der Waals surface area contributed by atoms with Gasteiger partial charge in [-0.15, -0.1) is 0 Å². The molecule has 2 aromatic rings. The first-order valence-electron chi connectivity index (χ1n) is 8.57. The number of hydrogen-bond acceptors (Lipinski definition) is 2. The summed E-state index contributed by atoms with van der Waals surface area (Å²) in [6.45, 7) is 1.93. The molecule has 1 aliphatic rings. The number of amides is 1. The lowest BCUT2D eigenvalue weighted by Gasteiger charge is -2.18. The van der Waals surface area contributed by atoms with Crippen LogP contribution in [0.15, 0.2) is 18.2 Å². The average molecular weight is 365 g/mol. The maximum absolute atomic E-state index is 11.1. The number of carbonyl (C=O) groups is 2. The summed E-state index contributed by atoms with van der Waals surface area (Å²) in [5, 5.41) is 10.0. The largest absolute Gasteiger partial charge is 0.481 e. The number of aromatic nitrogens is 1. The minimum atomic E-state index is -0.632. The Balaban J connectivity index is 0.000000196. The molecule has 0 bridgehead atoms. The number of primary amides is 1. The summed E-state index contributed by atoms with van der Waals surface area (Å²) in [6, 6.07) is 5.59. The van der Waals surface area contributed by atoms with Crippen LogP contribution in [0.3, 0.4) is 0 Å². The van der Waals surface area contributed by atoms with Gasteiger partial charge in [0.25, 0.3) is 5.91 Å². The molecule has 1 fully saturated rings. The van der Waals surface area contributed by atoms with Gasteiger partial charge in [0, 0.05) is 24.4 Å². The van der Waals surface area contributed by atoms with Crippen LogP contribution in [0.2, 0.25) is 5.02 Å². The number of benzene rings is 1. The number of carboxylic acids is 1. The molecule has 5 nitrogen and oxygen atoms in total. The zero-order valence-corrected chi connectivity index (χ0v) is 15.5. The number of nitrogens with zero attached hydrogens (tertiary/aromatic N) is 1. The van der Waals surface area contributed by atoms with Crippen molar-refractivity contribution in [1.82, 2.24) is 4.57 Å². The second kappa shape index (κ2) is 8.39. The first kappa shape index (κ1) is 19.3. The Bertz CT molecular complexity index is 777. The van der Waals surface area contributed by atoms with Crippen molar-refractivity contribution in [2.45, 2.75) is 45.4 Å². The highest BCUT2D eigenvalue weighted by Gasteiger charge is 2.16. The Kier molecular flexibility index (Phi) is 6.48. The van der Waals surface area contributed by atoms with Crippen LogP contribution in [-0.4, -0.2) is 21.6 Å². The molecule has 0 unspecified atom stereocenters. The monoisotopic (exact) mass is 364 g/mol. The summed E-state index contributed by atoms with van der Waals surface area (Å²) in [4.78, 5) is 21.4. The van der Waals surface area contributed by atoms with E-state index in [0.717, 1.165) is 29.3 Å². The average Bonchev–Trinajstić information content (AvgIpc) is 2.90. The predicted molar refractivity (Wildman–Crippen MR) is 100 cm³/mol. The van der Waals surface area contributed by atoms with Crippen molar-refractivity contribution in [2.24, 2.45) is 18.7 Å². The second-order valence-electron chi connectivity index (χ2n) is 6.68. The first-order chi connectivity index (χ1) is 11.8. The van der Waals surface area contributed by atoms with E-state index < -0.39 is 11.9 Å². The lowest BCUT2D eigenvalue weighted by Crippen LogP contribution is -2.14. The summed E-state index contributed by atoms with van der Waals surface area (Å²) in [7, 11) is 1.80. The number of hydrogen-bond donors (Lipinski definition) is 2. The Morgan fingerprint density at radius 2 is 1.92 bits per heavy atom. The summed E-state index contributed by atoms with van der Waals surface area (Å²) in [6.07, 6.45) is 6.42. The molecule has 1 aliphatic carbocycles. The second-order valence-corrected chi connectivity index (χ2v) is 7.06. The minimum Gasteiger partial charge on any atom is -0.481 e. The van der Waals surface area contributed by atoms with Gasteiger partial charge in [-0.05, 0) is 43.4 Å². The molecule has 0 atom stereocenters. The molecule has 0 aliphatic heterocycles. The van der Waals surface area contributed by atoms with Gasteiger partial charge in [-0.1, -0.05) is 36.9 Å². The molecule has 1 aromatic carbocycles. The summed E-state index contributed by atoms with van der Waals surface area (Å²) < 4.78 is 1.75. The molecule has 1 amide bonds. The van der Waals surface area contributed by atoms with Crippen molar-refractivity contribution in [3.05, 3.63) is 34.5 Å². The summed E-state index contributed by atoms with van der Waals surface area (Å²) >= 11 is 6.15. The maximum Gasteiger partial charge on any atom is 0.303 e. The van der Waals surface area contributed by atoms with Crippen molar-refractivity contribution in [1.29, 1.82) is 0 Å². The Morgan fingerprint density at radius 1 is 1.28 bits per heavy atom. The van der Waals surface area contributed by atoms with Crippen molar-refractivity contribution in [2.75, 3.05) is 0 Å². The normalized spacial score (nSPS) is 14.8. The van der Waals surface area contributed by atoms with Crippen molar-refractivity contribution < 1.29 is 14.7 Å². The van der Waals surface area contributed by atoms with E-state index in [9.17, 15) is 9.59 Å². The molecule has 1 aromatic heterocycles. The third-order valence-corrected chi connectivity index (χ3v) is 5.30. The molecular weight excluding hydrogens is 340 g/mol. The predicted octanol–water partition coefficient (Wildman–Crippen LogP) is 4.28. The molecule has 0 spiro atoms. The quantitative estimate of drug-likeness (QED) is 0.852. The van der Waals surface area contributed by atoms with Gasteiger partial charge in [-0.25, -0.2) is 0 Å². The lowest BCUT2D eigenvalue weighted by molar-refractivity contribution is -0.138. The van der Waals surface area contributed by atoms with Crippen molar-refractivity contribution >= 4 is 34.4 Å². The number of fused-ring (bicyclic) bond motifs is 1. The van der Waals surface area contributed by atoms with E-state index in [2.05, 4.69) is 0 Å². The van der Waals surface area contributed by atoms with Crippen molar-refractivity contribution in [3.8, 4) is 0 Å². The molecule has 3 N–H and O–H groups in total. The molecule has 1 heterocycles. The van der Waals surface area contributed by atoms with Gasteiger partial charge in [0.15, 0.2) is 0 Å². The highest BCUT2D eigenvalue weighted by molar-refractivity contribution is 6.36. The number of aryl methyl sites for hydroxylation is 2. The topological polar surface area (TPSA) is 85.3 Å². The highest BCUT2D eigenvalue weighted by Crippen LogP contribution is 2.29. The number of carbonyl (C=O) groups excluding carboxylic acids is 1. The van der Waals surface area contributed by atoms with Crippen LogP contribution in [0.25, 0.3) is 10.9 Å². The molecule has 0 radical (unpaired) electrons. The van der Waals surface area contributed by atoms with E-state index in [1.165, 1.54) is 19.3 Å². The van der Waals surface area contributed by atoms with E-state index in [1.807, 2.05) is 19.1 Å². The number of aliphatic carboxylic acids is 1. The lowest BCUT2D eigenvalue weighted by atomic mass is 9.87. The van der Waals surface area contributed by atoms with E-state index in [0.29, 0.717) is 23.1 Å². The molecule has 1 saturated carbocycles. The van der Waals surface area contributed by atoms with Gasteiger partial charge < -0.3 is 15.4 Å². The van der Waals surface area contributed by atoms with Gasteiger partial charge in [-0.2, -0.15) is 0 Å². The fraction of sp³-hybridized carbons (Fsp3) is 0.474. The third kappa shape index (κ3) is 4.75. The third-order valence-electron chi connectivity index (χ3n) is 4.79. The zero-order valence-electron chi connectivity index (χ0n) is 14.7. The fourth-order valence-corrected chi connectivity index (χ4v) is 3.57. The molecule has 25 heavy (non-hydrogen) atoms. The van der Waals surface area contributed by atoms with Crippen LogP contribution in [0.4, 0.5) is 0 Å². The molecule has 6 heteroatoms. The summed E-state index contributed by atoms with van der Waals surface area (Å²) in [5.74, 6) is -0.597. The van der Waals surface area contributed by atoms with Gasteiger partial charge in [0.2, 0.25) is 0 Å². The smallest absolute Gasteiger partial charge is 0.303 e. The van der Waals surface area contributed by atoms with Crippen LogP contribution in [0, 0.1) is 12.8 Å². The van der Waals surface area contributed by atoms with E-state index >= 15 is 0 Å². The Morgan fingerprint density at radius 3 is 2.48 bits per heavy atom. The van der Waals surface area contributed by atoms with Gasteiger partial charge in [0.1, 0.15) is 5.69 Å². The molecular formula is C19H25ClN2O3. The highest BCUT2D eigenvalue weighted by atomic mass is 35.5. The van der Waals surface area contributed by atoms with Crippen LogP contribution in [0.5, 0.6) is 0 Å². The SMILES string of the molecule is Cc1ccc2c(cc(C(N)=O)n2C)c1Cl.O=C(O)CC1CCCCC1. The fourth-order valence-electron chi connectivity index (χ4n) is 3.36. The number of halogens is 1. The first-order valence-corrected chi connectivity index (χ1v) is 8.95. The van der Waals surface area contributed by atoms with Gasteiger partial charge >= 0.3 is 5.97 Å². The van der Waals surface area contributed by atoms with Gasteiger partial charge in [-0.3, -0.25) is 9.59 Å². The van der Waals surface area contributed by atoms with Gasteiger partial charge in [0.05, 0.1) is 5.02 Å². The standard InChI is InChI=1S/C11H11ClN2O.C8H14O2/c1-6-3-4-8-7(10(6)12)5-9(11(13)15)14(8)2;9-8(10)6-7-4-2-1-3-5-7/h3-5H,1-2H3,(H2,13,15);7H,1-6H2,(H,9,10). The van der Waals surface area contributed by atoms with Crippen LogP contribution in [-0.2, 0) is 11.8 Å². The number of nitrogens with two attached hydrogens (primary N) is 1. The maximum atomic E-state index is 11.1. The van der Waals surface area contributed by atoms with Crippen LogP contribution in [0.1, 0.15) is 54.6 Å².